The average molecular weight is 256 g/mol. The van der Waals surface area contributed by atoms with Crippen molar-refractivity contribution in [1.29, 1.82) is 0 Å². The molecule has 1 heterocycles. The van der Waals surface area contributed by atoms with Crippen LogP contribution in [-0.4, -0.2) is 50.7 Å². The second-order valence-corrected chi connectivity index (χ2v) is 5.60. The molecule has 1 N–H and O–H groups in total. The number of rotatable bonds is 8. The molecule has 0 atom stereocenters. The van der Waals surface area contributed by atoms with Crippen LogP contribution in [0.15, 0.2) is 6.20 Å². The number of thiazole rings is 1. The summed E-state index contributed by atoms with van der Waals surface area (Å²) in [6, 6.07) is 0. The predicted octanol–water partition coefficient (Wildman–Crippen LogP) is 1.64. The van der Waals surface area contributed by atoms with Crippen LogP contribution in [-0.2, 0) is 6.54 Å². The van der Waals surface area contributed by atoms with E-state index < -0.39 is 0 Å². The molecule has 0 aliphatic rings. The molecule has 0 unspecified atom stereocenters. The number of anilines is 1. The maximum atomic E-state index is 4.46. The van der Waals surface area contributed by atoms with Crippen molar-refractivity contribution >= 4 is 16.5 Å². The quantitative estimate of drug-likeness (QED) is 0.717. The zero-order valence-corrected chi connectivity index (χ0v) is 12.2. The van der Waals surface area contributed by atoms with Gasteiger partial charge in [0.25, 0.3) is 0 Å². The molecule has 5 heteroatoms. The van der Waals surface area contributed by atoms with E-state index in [0.29, 0.717) is 0 Å². The minimum atomic E-state index is 0.938. The molecule has 0 aromatic carbocycles. The van der Waals surface area contributed by atoms with E-state index in [0.717, 1.165) is 31.3 Å². The highest BCUT2D eigenvalue weighted by Crippen LogP contribution is 2.20. The lowest BCUT2D eigenvalue weighted by atomic mass is 10.4. The SMILES string of the molecule is CCCNCc1cnc(N(C)CCN(C)C)s1. The Hall–Kier alpha value is -0.650. The van der Waals surface area contributed by atoms with Crippen LogP contribution in [0.3, 0.4) is 0 Å². The van der Waals surface area contributed by atoms with Crippen LogP contribution in [0, 0.1) is 0 Å². The van der Waals surface area contributed by atoms with Gasteiger partial charge in [0.15, 0.2) is 5.13 Å². The molecule has 0 radical (unpaired) electrons. The van der Waals surface area contributed by atoms with Gasteiger partial charge in [0.05, 0.1) is 0 Å². The minimum absolute atomic E-state index is 0.938. The summed E-state index contributed by atoms with van der Waals surface area (Å²) in [6.07, 6.45) is 3.16. The summed E-state index contributed by atoms with van der Waals surface area (Å²) in [7, 11) is 6.29. The minimum Gasteiger partial charge on any atom is -0.350 e. The van der Waals surface area contributed by atoms with Crippen LogP contribution >= 0.6 is 11.3 Å². The molecular formula is C12H24N4S. The van der Waals surface area contributed by atoms with E-state index in [1.165, 1.54) is 11.3 Å². The van der Waals surface area contributed by atoms with Gasteiger partial charge in [0.2, 0.25) is 0 Å². The summed E-state index contributed by atoms with van der Waals surface area (Å²) in [5, 5.41) is 4.51. The van der Waals surface area contributed by atoms with E-state index in [2.05, 4.69) is 48.2 Å². The lowest BCUT2D eigenvalue weighted by Crippen LogP contribution is -2.28. The number of hydrogen-bond donors (Lipinski definition) is 1. The molecule has 0 amide bonds. The molecule has 0 spiro atoms. The van der Waals surface area contributed by atoms with Crippen LogP contribution < -0.4 is 10.2 Å². The van der Waals surface area contributed by atoms with Gasteiger partial charge in [-0.05, 0) is 27.1 Å². The molecule has 1 aromatic heterocycles. The predicted molar refractivity (Wildman–Crippen MR) is 75.9 cm³/mol. The Morgan fingerprint density at radius 1 is 1.29 bits per heavy atom. The maximum Gasteiger partial charge on any atom is 0.185 e. The topological polar surface area (TPSA) is 31.4 Å². The normalized spacial score (nSPS) is 11.1. The summed E-state index contributed by atoms with van der Waals surface area (Å²) in [5.41, 5.74) is 0. The van der Waals surface area contributed by atoms with Crippen LogP contribution in [0.2, 0.25) is 0 Å². The molecule has 17 heavy (non-hydrogen) atoms. The highest BCUT2D eigenvalue weighted by Gasteiger charge is 2.06. The van der Waals surface area contributed by atoms with E-state index in [4.69, 9.17) is 0 Å². The molecule has 0 aliphatic carbocycles. The van der Waals surface area contributed by atoms with Crippen molar-refractivity contribution in [3.05, 3.63) is 11.1 Å². The molecule has 98 valence electrons. The van der Waals surface area contributed by atoms with Crippen molar-refractivity contribution in [3.8, 4) is 0 Å². The van der Waals surface area contributed by atoms with Gasteiger partial charge in [-0.2, -0.15) is 0 Å². The Morgan fingerprint density at radius 2 is 2.06 bits per heavy atom. The summed E-state index contributed by atoms with van der Waals surface area (Å²) >= 11 is 1.78. The fourth-order valence-corrected chi connectivity index (χ4v) is 2.26. The Kier molecular flexibility index (Phi) is 6.47. The first-order valence-corrected chi connectivity index (χ1v) is 6.96. The van der Waals surface area contributed by atoms with E-state index in [-0.39, 0.29) is 0 Å². The Bertz CT molecular complexity index is 311. The number of nitrogens with one attached hydrogen (secondary N) is 1. The standard InChI is InChI=1S/C12H24N4S/c1-5-6-13-9-11-10-14-12(17-11)16(4)8-7-15(2)3/h10,13H,5-9H2,1-4H3. The highest BCUT2D eigenvalue weighted by atomic mass is 32.1. The summed E-state index contributed by atoms with van der Waals surface area (Å²) in [5.74, 6) is 0. The van der Waals surface area contributed by atoms with Gasteiger partial charge in [-0.1, -0.05) is 6.92 Å². The average Bonchev–Trinajstić information content (AvgIpc) is 2.75. The first kappa shape index (κ1) is 14.4. The Balaban J connectivity index is 2.38. The van der Waals surface area contributed by atoms with E-state index in [1.54, 1.807) is 11.3 Å². The third-order valence-electron chi connectivity index (χ3n) is 2.48. The number of hydrogen-bond acceptors (Lipinski definition) is 5. The fourth-order valence-electron chi connectivity index (χ4n) is 1.39. The van der Waals surface area contributed by atoms with Crippen molar-refractivity contribution in [2.45, 2.75) is 19.9 Å². The van der Waals surface area contributed by atoms with E-state index in [1.807, 2.05) is 6.20 Å². The van der Waals surface area contributed by atoms with Gasteiger partial charge < -0.3 is 15.1 Å². The molecule has 0 aliphatic heterocycles. The molecule has 0 fully saturated rings. The van der Waals surface area contributed by atoms with Gasteiger partial charge in [0.1, 0.15) is 0 Å². The first-order chi connectivity index (χ1) is 8.13. The molecule has 1 aromatic rings. The van der Waals surface area contributed by atoms with Crippen molar-refractivity contribution < 1.29 is 0 Å². The van der Waals surface area contributed by atoms with Crippen molar-refractivity contribution in [1.82, 2.24) is 15.2 Å². The largest absolute Gasteiger partial charge is 0.350 e. The van der Waals surface area contributed by atoms with Crippen molar-refractivity contribution in [2.24, 2.45) is 0 Å². The number of aromatic nitrogens is 1. The van der Waals surface area contributed by atoms with Gasteiger partial charge in [0, 0.05) is 37.8 Å². The molecule has 0 saturated heterocycles. The second kappa shape index (κ2) is 7.63. The van der Waals surface area contributed by atoms with E-state index in [9.17, 15) is 0 Å². The second-order valence-electron chi connectivity index (χ2n) is 4.51. The smallest absolute Gasteiger partial charge is 0.185 e. The molecular weight excluding hydrogens is 232 g/mol. The van der Waals surface area contributed by atoms with Crippen LogP contribution in [0.5, 0.6) is 0 Å². The first-order valence-electron chi connectivity index (χ1n) is 6.14. The molecule has 0 bridgehead atoms. The highest BCUT2D eigenvalue weighted by molar-refractivity contribution is 7.15. The van der Waals surface area contributed by atoms with E-state index >= 15 is 0 Å². The summed E-state index contributed by atoms with van der Waals surface area (Å²) in [4.78, 5) is 10.2. The third kappa shape index (κ3) is 5.48. The number of nitrogens with zero attached hydrogens (tertiary/aromatic N) is 3. The molecule has 1 rings (SSSR count). The Labute approximate surface area is 109 Å². The van der Waals surface area contributed by atoms with Crippen LogP contribution in [0.1, 0.15) is 18.2 Å². The lowest BCUT2D eigenvalue weighted by molar-refractivity contribution is 0.416. The molecule has 4 nitrogen and oxygen atoms in total. The van der Waals surface area contributed by atoms with Gasteiger partial charge >= 0.3 is 0 Å². The third-order valence-corrected chi connectivity index (χ3v) is 3.59. The van der Waals surface area contributed by atoms with Gasteiger partial charge in [-0.3, -0.25) is 0 Å². The lowest BCUT2D eigenvalue weighted by Gasteiger charge is -2.18. The van der Waals surface area contributed by atoms with Crippen molar-refractivity contribution in [3.63, 3.8) is 0 Å². The summed E-state index contributed by atoms with van der Waals surface area (Å²) in [6.45, 7) is 6.26. The van der Waals surface area contributed by atoms with Crippen molar-refractivity contribution in [2.75, 3.05) is 45.7 Å². The molecule has 0 saturated carbocycles. The monoisotopic (exact) mass is 256 g/mol. The zero-order chi connectivity index (χ0) is 12.7. The maximum absolute atomic E-state index is 4.46. The van der Waals surface area contributed by atoms with Gasteiger partial charge in [-0.25, -0.2) is 4.98 Å². The van der Waals surface area contributed by atoms with Crippen LogP contribution in [0.25, 0.3) is 0 Å². The van der Waals surface area contributed by atoms with Crippen LogP contribution in [0.4, 0.5) is 5.13 Å². The number of likely N-dealkylation sites (N-methyl/N-ethyl adjacent to an activating group) is 2. The fraction of sp³-hybridized carbons (Fsp3) is 0.750. The summed E-state index contributed by atoms with van der Waals surface area (Å²) < 4.78 is 0. The van der Waals surface area contributed by atoms with Gasteiger partial charge in [-0.15, -0.1) is 11.3 Å². The Morgan fingerprint density at radius 3 is 2.71 bits per heavy atom. The zero-order valence-electron chi connectivity index (χ0n) is 11.4.